The predicted molar refractivity (Wildman–Crippen MR) is 132 cm³/mol. The van der Waals surface area contributed by atoms with Crippen LogP contribution in [-0.2, 0) is 22.7 Å². The van der Waals surface area contributed by atoms with E-state index in [0.717, 1.165) is 15.7 Å². The van der Waals surface area contributed by atoms with Crippen LogP contribution in [0.1, 0.15) is 18.3 Å². The average molecular weight is 535 g/mol. The van der Waals surface area contributed by atoms with Gasteiger partial charge in [0.2, 0.25) is 11.8 Å². The summed E-state index contributed by atoms with van der Waals surface area (Å²) < 4.78 is 2.76. The van der Waals surface area contributed by atoms with E-state index in [1.165, 1.54) is 17.8 Å². The Bertz CT molecular complexity index is 1140. The zero-order chi connectivity index (χ0) is 22.9. The highest BCUT2D eigenvalue weighted by Gasteiger charge is 2.14. The average Bonchev–Trinajstić information content (AvgIpc) is 3.17. The molecule has 10 heteroatoms. The van der Waals surface area contributed by atoms with Crippen molar-refractivity contribution in [2.45, 2.75) is 25.2 Å². The van der Waals surface area contributed by atoms with Gasteiger partial charge in [-0.1, -0.05) is 63.6 Å². The molecule has 2 amide bonds. The molecule has 3 aromatic rings. The van der Waals surface area contributed by atoms with Gasteiger partial charge in [0.15, 0.2) is 11.0 Å². The largest absolute Gasteiger partial charge is 0.345 e. The third kappa shape index (κ3) is 6.94. The fourth-order valence-electron chi connectivity index (χ4n) is 2.77. The number of aromatic nitrogens is 3. The van der Waals surface area contributed by atoms with Gasteiger partial charge in [0.05, 0.1) is 12.3 Å². The summed E-state index contributed by atoms with van der Waals surface area (Å²) >= 11 is 10.8. The molecule has 0 spiro atoms. The van der Waals surface area contributed by atoms with Crippen molar-refractivity contribution >= 4 is 62.9 Å². The van der Waals surface area contributed by atoms with Gasteiger partial charge < -0.3 is 15.2 Å². The number of carbonyl (C=O) groups is 2. The minimum absolute atomic E-state index is 0.140. The Labute approximate surface area is 203 Å². The summed E-state index contributed by atoms with van der Waals surface area (Å²) in [5.74, 6) is 0.399. The summed E-state index contributed by atoms with van der Waals surface area (Å²) in [6.07, 6.45) is 3.09. The summed E-state index contributed by atoms with van der Waals surface area (Å²) in [5, 5.41) is 15.2. The van der Waals surface area contributed by atoms with E-state index < -0.39 is 0 Å². The molecule has 7 nitrogen and oxygen atoms in total. The highest BCUT2D eigenvalue weighted by molar-refractivity contribution is 9.10. The molecule has 0 bridgehead atoms. The lowest BCUT2D eigenvalue weighted by molar-refractivity contribution is -0.116. The zero-order valence-corrected chi connectivity index (χ0v) is 20.4. The maximum atomic E-state index is 12.3. The van der Waals surface area contributed by atoms with Gasteiger partial charge in [0.1, 0.15) is 0 Å². The van der Waals surface area contributed by atoms with E-state index >= 15 is 0 Å². The zero-order valence-electron chi connectivity index (χ0n) is 17.2. The van der Waals surface area contributed by atoms with Gasteiger partial charge in [-0.2, -0.15) is 0 Å². The third-order valence-corrected chi connectivity index (χ3v) is 6.09. The van der Waals surface area contributed by atoms with Crippen LogP contribution in [0.2, 0.25) is 5.02 Å². The molecular formula is C22H21BrClN5O2S. The molecular weight excluding hydrogens is 514 g/mol. The highest BCUT2D eigenvalue weighted by Crippen LogP contribution is 2.19. The van der Waals surface area contributed by atoms with Gasteiger partial charge in [-0.15, -0.1) is 10.2 Å². The molecule has 0 fully saturated rings. The van der Waals surface area contributed by atoms with Crippen molar-refractivity contribution in [3.8, 4) is 0 Å². The number of hydrogen-bond acceptors (Lipinski definition) is 5. The Morgan fingerprint density at radius 3 is 2.75 bits per heavy atom. The molecule has 3 rings (SSSR count). The minimum Gasteiger partial charge on any atom is -0.345 e. The van der Waals surface area contributed by atoms with Crippen molar-refractivity contribution in [2.75, 3.05) is 11.1 Å². The maximum absolute atomic E-state index is 12.3. The number of rotatable bonds is 9. The monoisotopic (exact) mass is 533 g/mol. The van der Waals surface area contributed by atoms with E-state index in [1.807, 2.05) is 54.0 Å². The molecule has 166 valence electrons. The van der Waals surface area contributed by atoms with E-state index in [2.05, 4.69) is 36.8 Å². The summed E-state index contributed by atoms with van der Waals surface area (Å²) in [6.45, 7) is 2.79. The Hall–Kier alpha value is -2.62. The van der Waals surface area contributed by atoms with E-state index in [9.17, 15) is 9.59 Å². The van der Waals surface area contributed by atoms with Crippen LogP contribution in [0.3, 0.4) is 0 Å². The molecule has 2 aromatic carbocycles. The van der Waals surface area contributed by atoms with Gasteiger partial charge >= 0.3 is 0 Å². The number of anilines is 1. The fourth-order valence-corrected chi connectivity index (χ4v) is 4.19. The van der Waals surface area contributed by atoms with Crippen LogP contribution in [-0.4, -0.2) is 32.3 Å². The van der Waals surface area contributed by atoms with Crippen molar-refractivity contribution in [2.24, 2.45) is 0 Å². The van der Waals surface area contributed by atoms with Crippen LogP contribution >= 0.6 is 39.3 Å². The van der Waals surface area contributed by atoms with Gasteiger partial charge in [0, 0.05) is 27.8 Å². The maximum Gasteiger partial charge on any atom is 0.244 e. The van der Waals surface area contributed by atoms with Gasteiger partial charge in [-0.25, -0.2) is 0 Å². The van der Waals surface area contributed by atoms with Gasteiger partial charge in [-0.3, -0.25) is 9.59 Å². The van der Waals surface area contributed by atoms with E-state index in [0.29, 0.717) is 22.5 Å². The quantitative estimate of drug-likeness (QED) is 0.305. The minimum atomic E-state index is -0.266. The number of thioether (sulfide) groups is 1. The summed E-state index contributed by atoms with van der Waals surface area (Å²) in [7, 11) is 0. The molecule has 0 aliphatic heterocycles. The smallest absolute Gasteiger partial charge is 0.244 e. The van der Waals surface area contributed by atoms with Crippen LogP contribution in [0, 0.1) is 0 Å². The first-order valence-electron chi connectivity index (χ1n) is 9.77. The molecule has 0 unspecified atom stereocenters. The standard InChI is InChI=1S/C22H21BrClN5O2S/c1-2-29-19(13-25-20(30)11-10-15-6-3-4-9-18(15)24)27-28-22(29)32-14-21(31)26-17-8-5-7-16(23)12-17/h3-12H,2,13-14H2,1H3,(H,25,30)(H,26,31). The number of nitrogens with zero attached hydrogens (tertiary/aromatic N) is 3. The molecule has 0 saturated carbocycles. The molecule has 0 atom stereocenters. The van der Waals surface area contributed by atoms with Crippen LogP contribution in [0.25, 0.3) is 6.08 Å². The Morgan fingerprint density at radius 1 is 1.19 bits per heavy atom. The van der Waals surface area contributed by atoms with Crippen molar-refractivity contribution < 1.29 is 9.59 Å². The second kappa shape index (κ2) is 11.8. The lowest BCUT2D eigenvalue weighted by Crippen LogP contribution is -2.22. The molecule has 0 radical (unpaired) electrons. The molecule has 32 heavy (non-hydrogen) atoms. The Morgan fingerprint density at radius 2 is 2.00 bits per heavy atom. The Kier molecular flexibility index (Phi) is 8.90. The van der Waals surface area contributed by atoms with Gasteiger partial charge in [-0.05, 0) is 42.8 Å². The van der Waals surface area contributed by atoms with Gasteiger partial charge in [0.25, 0.3) is 0 Å². The van der Waals surface area contributed by atoms with Crippen LogP contribution in [0.4, 0.5) is 5.69 Å². The normalized spacial score (nSPS) is 11.0. The number of benzene rings is 2. The second-order valence-corrected chi connectivity index (χ2v) is 8.83. The summed E-state index contributed by atoms with van der Waals surface area (Å²) in [5.41, 5.74) is 1.48. The SMILES string of the molecule is CCn1c(CNC(=O)C=Cc2ccccc2Cl)nnc1SCC(=O)Nc1cccc(Br)c1. The summed E-state index contributed by atoms with van der Waals surface area (Å²) in [4.78, 5) is 24.4. The summed E-state index contributed by atoms with van der Waals surface area (Å²) in [6, 6.07) is 14.7. The molecule has 1 heterocycles. The molecule has 0 aliphatic carbocycles. The fraction of sp³-hybridized carbons (Fsp3) is 0.182. The van der Waals surface area contributed by atoms with E-state index in [4.69, 9.17) is 11.6 Å². The third-order valence-electron chi connectivity index (χ3n) is 4.29. The van der Waals surface area contributed by atoms with Crippen LogP contribution < -0.4 is 10.6 Å². The molecule has 0 saturated heterocycles. The lowest BCUT2D eigenvalue weighted by atomic mass is 10.2. The van der Waals surface area contributed by atoms with Crippen LogP contribution in [0.15, 0.2) is 64.2 Å². The lowest BCUT2D eigenvalue weighted by Gasteiger charge is -2.08. The number of carbonyl (C=O) groups excluding carboxylic acids is 2. The number of halogens is 2. The topological polar surface area (TPSA) is 88.9 Å². The number of hydrogen-bond donors (Lipinski definition) is 2. The van der Waals surface area contributed by atoms with Crippen molar-refractivity contribution in [3.63, 3.8) is 0 Å². The first kappa shape index (κ1) is 24.0. The first-order chi connectivity index (χ1) is 15.5. The second-order valence-electron chi connectivity index (χ2n) is 6.56. The first-order valence-corrected chi connectivity index (χ1v) is 11.9. The molecule has 2 N–H and O–H groups in total. The molecule has 1 aromatic heterocycles. The van der Waals surface area contributed by atoms with E-state index in [1.54, 1.807) is 12.1 Å². The van der Waals surface area contributed by atoms with Crippen LogP contribution in [0.5, 0.6) is 0 Å². The van der Waals surface area contributed by atoms with Crippen molar-refractivity contribution in [1.29, 1.82) is 0 Å². The van der Waals surface area contributed by atoms with Crippen molar-refractivity contribution in [1.82, 2.24) is 20.1 Å². The number of nitrogens with one attached hydrogen (secondary N) is 2. The van der Waals surface area contributed by atoms with Crippen molar-refractivity contribution in [3.05, 3.63) is 75.5 Å². The number of amides is 2. The predicted octanol–water partition coefficient (Wildman–Crippen LogP) is 4.77. The van der Waals surface area contributed by atoms with E-state index in [-0.39, 0.29) is 24.1 Å². The highest BCUT2D eigenvalue weighted by atomic mass is 79.9. The molecule has 0 aliphatic rings. The Balaban J connectivity index is 1.53.